The van der Waals surface area contributed by atoms with Crippen LogP contribution in [-0.2, 0) is 6.42 Å². The Morgan fingerprint density at radius 2 is 2.19 bits per heavy atom. The Kier molecular flexibility index (Phi) is 3.21. The molecule has 0 amide bonds. The van der Waals surface area contributed by atoms with Gasteiger partial charge >= 0.3 is 0 Å². The van der Waals surface area contributed by atoms with Gasteiger partial charge in [-0.25, -0.2) is 8.78 Å². The summed E-state index contributed by atoms with van der Waals surface area (Å²) >= 11 is 0. The highest BCUT2D eigenvalue weighted by atomic mass is 19.2. The summed E-state index contributed by atoms with van der Waals surface area (Å²) in [7, 11) is 0. The first-order valence-electron chi connectivity index (χ1n) is 5.41. The van der Waals surface area contributed by atoms with Gasteiger partial charge in [-0.3, -0.25) is 0 Å². The summed E-state index contributed by atoms with van der Waals surface area (Å²) in [5.74, 6) is -1.61. The molecule has 0 spiro atoms. The van der Waals surface area contributed by atoms with Crippen LogP contribution in [0.5, 0.6) is 0 Å². The van der Waals surface area contributed by atoms with Crippen LogP contribution in [0.25, 0.3) is 0 Å². The van der Waals surface area contributed by atoms with Gasteiger partial charge < -0.3 is 10.4 Å². The molecule has 1 unspecified atom stereocenters. The molecule has 0 saturated carbocycles. The maximum Gasteiger partial charge on any atom is 0.162 e. The van der Waals surface area contributed by atoms with Crippen molar-refractivity contribution in [3.05, 3.63) is 35.4 Å². The van der Waals surface area contributed by atoms with Crippen LogP contribution in [0.2, 0.25) is 0 Å². The average molecular weight is 227 g/mol. The Balaban J connectivity index is 2.22. The van der Waals surface area contributed by atoms with E-state index in [9.17, 15) is 13.9 Å². The topological polar surface area (TPSA) is 32.3 Å². The van der Waals surface area contributed by atoms with Gasteiger partial charge in [-0.1, -0.05) is 12.1 Å². The summed E-state index contributed by atoms with van der Waals surface area (Å²) in [6.07, 6.45) is 1.17. The van der Waals surface area contributed by atoms with Crippen molar-refractivity contribution in [2.45, 2.75) is 12.8 Å². The molecule has 2 N–H and O–H groups in total. The van der Waals surface area contributed by atoms with Gasteiger partial charge in [-0.05, 0) is 31.0 Å². The lowest BCUT2D eigenvalue weighted by atomic mass is 9.81. The standard InChI is InChI=1S/C12H15F2NO/c13-10-3-1-2-9(11(10)14)6-12(8-16)4-5-15-7-12/h1-3,15-16H,4-8H2. The Labute approximate surface area is 93.3 Å². The lowest BCUT2D eigenvalue weighted by Gasteiger charge is -2.25. The minimum absolute atomic E-state index is 0.00401. The fourth-order valence-electron chi connectivity index (χ4n) is 2.23. The number of hydrogen-bond acceptors (Lipinski definition) is 2. The van der Waals surface area contributed by atoms with E-state index < -0.39 is 11.6 Å². The largest absolute Gasteiger partial charge is 0.396 e. The maximum absolute atomic E-state index is 13.5. The number of benzene rings is 1. The van der Waals surface area contributed by atoms with Crippen molar-refractivity contribution in [3.63, 3.8) is 0 Å². The van der Waals surface area contributed by atoms with Gasteiger partial charge in [-0.15, -0.1) is 0 Å². The smallest absolute Gasteiger partial charge is 0.162 e. The number of hydrogen-bond donors (Lipinski definition) is 2. The van der Waals surface area contributed by atoms with Gasteiger partial charge in [0.25, 0.3) is 0 Å². The molecule has 1 aliphatic rings. The molecule has 4 heteroatoms. The van der Waals surface area contributed by atoms with Crippen molar-refractivity contribution in [1.82, 2.24) is 5.32 Å². The van der Waals surface area contributed by atoms with Gasteiger partial charge in [0.05, 0.1) is 6.61 Å². The molecule has 0 aliphatic carbocycles. The maximum atomic E-state index is 13.5. The van der Waals surface area contributed by atoms with Gasteiger partial charge in [-0.2, -0.15) is 0 Å². The molecule has 0 radical (unpaired) electrons. The van der Waals surface area contributed by atoms with E-state index >= 15 is 0 Å². The number of aliphatic hydroxyl groups excluding tert-OH is 1. The first kappa shape index (κ1) is 11.5. The summed E-state index contributed by atoms with van der Waals surface area (Å²) in [6, 6.07) is 4.19. The zero-order chi connectivity index (χ0) is 11.6. The van der Waals surface area contributed by atoms with Crippen LogP contribution in [-0.4, -0.2) is 24.8 Å². The molecule has 16 heavy (non-hydrogen) atoms. The van der Waals surface area contributed by atoms with Crippen LogP contribution in [0.3, 0.4) is 0 Å². The third kappa shape index (κ3) is 2.08. The van der Waals surface area contributed by atoms with E-state index in [0.717, 1.165) is 19.0 Å². The Morgan fingerprint density at radius 3 is 2.81 bits per heavy atom. The molecule has 0 bridgehead atoms. The van der Waals surface area contributed by atoms with Gasteiger partial charge in [0, 0.05) is 12.0 Å². The quantitative estimate of drug-likeness (QED) is 0.819. The van der Waals surface area contributed by atoms with Crippen LogP contribution >= 0.6 is 0 Å². The normalized spacial score (nSPS) is 24.9. The molecule has 1 heterocycles. The van der Waals surface area contributed by atoms with Crippen molar-refractivity contribution >= 4 is 0 Å². The highest BCUT2D eigenvalue weighted by Crippen LogP contribution is 2.30. The minimum atomic E-state index is -0.823. The Bertz CT molecular complexity index is 375. The number of rotatable bonds is 3. The van der Waals surface area contributed by atoms with E-state index in [0.29, 0.717) is 18.5 Å². The van der Waals surface area contributed by atoms with E-state index in [-0.39, 0.29) is 12.0 Å². The van der Waals surface area contributed by atoms with Crippen molar-refractivity contribution in [2.75, 3.05) is 19.7 Å². The summed E-state index contributed by atoms with van der Waals surface area (Å²) in [6.45, 7) is 1.47. The molecule has 2 nitrogen and oxygen atoms in total. The van der Waals surface area contributed by atoms with Crippen LogP contribution in [0.1, 0.15) is 12.0 Å². The van der Waals surface area contributed by atoms with E-state index in [1.54, 1.807) is 6.07 Å². The van der Waals surface area contributed by atoms with Gasteiger partial charge in [0.15, 0.2) is 11.6 Å². The molecular formula is C12H15F2NO. The van der Waals surface area contributed by atoms with Crippen molar-refractivity contribution in [2.24, 2.45) is 5.41 Å². The second-order valence-electron chi connectivity index (χ2n) is 4.47. The molecule has 88 valence electrons. The van der Waals surface area contributed by atoms with Crippen LogP contribution in [0.15, 0.2) is 18.2 Å². The monoisotopic (exact) mass is 227 g/mol. The SMILES string of the molecule is OCC1(Cc2cccc(F)c2F)CCNC1. The average Bonchev–Trinajstić information content (AvgIpc) is 2.74. The third-order valence-corrected chi connectivity index (χ3v) is 3.26. The number of halogens is 2. The van der Waals surface area contributed by atoms with Crippen molar-refractivity contribution in [1.29, 1.82) is 0 Å². The molecule has 1 saturated heterocycles. The minimum Gasteiger partial charge on any atom is -0.396 e. The van der Waals surface area contributed by atoms with Gasteiger partial charge in [0.2, 0.25) is 0 Å². The lowest BCUT2D eigenvalue weighted by molar-refractivity contribution is 0.141. The predicted molar refractivity (Wildman–Crippen MR) is 57.1 cm³/mol. The van der Waals surface area contributed by atoms with Crippen molar-refractivity contribution < 1.29 is 13.9 Å². The fourth-order valence-corrected chi connectivity index (χ4v) is 2.23. The van der Waals surface area contributed by atoms with Crippen molar-refractivity contribution in [3.8, 4) is 0 Å². The molecule has 1 fully saturated rings. The van der Waals surface area contributed by atoms with Gasteiger partial charge in [0.1, 0.15) is 0 Å². The molecule has 1 aromatic carbocycles. The molecule has 1 aliphatic heterocycles. The molecule has 0 aromatic heterocycles. The highest BCUT2D eigenvalue weighted by molar-refractivity contribution is 5.21. The Hall–Kier alpha value is -1.00. The van der Waals surface area contributed by atoms with E-state index in [1.807, 2.05) is 0 Å². The first-order valence-corrected chi connectivity index (χ1v) is 5.41. The van der Waals surface area contributed by atoms with Crippen LogP contribution in [0.4, 0.5) is 8.78 Å². The summed E-state index contributed by atoms with van der Waals surface area (Å²) < 4.78 is 26.5. The van der Waals surface area contributed by atoms with E-state index in [1.165, 1.54) is 6.07 Å². The molecule has 1 atom stereocenters. The lowest BCUT2D eigenvalue weighted by Crippen LogP contribution is -2.31. The second-order valence-corrected chi connectivity index (χ2v) is 4.47. The zero-order valence-corrected chi connectivity index (χ0v) is 8.97. The highest BCUT2D eigenvalue weighted by Gasteiger charge is 2.34. The summed E-state index contributed by atoms with van der Waals surface area (Å²) in [5, 5.41) is 12.5. The van der Waals surface area contributed by atoms with E-state index in [4.69, 9.17) is 0 Å². The summed E-state index contributed by atoms with van der Waals surface area (Å²) in [4.78, 5) is 0. The Morgan fingerprint density at radius 1 is 1.38 bits per heavy atom. The summed E-state index contributed by atoms with van der Waals surface area (Å²) in [5.41, 5.74) is 0.00648. The van der Waals surface area contributed by atoms with E-state index in [2.05, 4.69) is 5.32 Å². The zero-order valence-electron chi connectivity index (χ0n) is 8.97. The number of nitrogens with one attached hydrogen (secondary N) is 1. The third-order valence-electron chi connectivity index (χ3n) is 3.26. The number of aliphatic hydroxyl groups is 1. The van der Waals surface area contributed by atoms with Crippen LogP contribution < -0.4 is 5.32 Å². The predicted octanol–water partition coefficient (Wildman–Crippen LogP) is 1.48. The molecule has 1 aromatic rings. The molecule has 2 rings (SSSR count). The first-order chi connectivity index (χ1) is 7.67. The molecular weight excluding hydrogens is 212 g/mol. The second kappa shape index (κ2) is 4.47. The van der Waals surface area contributed by atoms with Crippen LogP contribution in [0, 0.1) is 17.0 Å². The fraction of sp³-hybridized carbons (Fsp3) is 0.500.